The summed E-state index contributed by atoms with van der Waals surface area (Å²) < 4.78 is 9.18. The van der Waals surface area contributed by atoms with Crippen molar-refractivity contribution in [2.24, 2.45) is 4.99 Å². The number of carbonyl (C=O) groups excluding carboxylic acids is 4. The van der Waals surface area contributed by atoms with Crippen LogP contribution in [0.5, 0.6) is 0 Å². The number of carbonyl (C=O) groups is 4. The summed E-state index contributed by atoms with van der Waals surface area (Å²) >= 11 is 0. The molecule has 0 aromatic rings. The van der Waals surface area contributed by atoms with Crippen LogP contribution in [-0.4, -0.2) is 87.1 Å². The molecule has 2 aliphatic rings. The number of halogens is 1. The van der Waals surface area contributed by atoms with E-state index in [2.05, 4.69) is 57.0 Å². The number of hydrogen-bond acceptors (Lipinski definition) is 9. The largest absolute Gasteiger partial charge is 1.00 e. The molecule has 0 aromatic carbocycles. The van der Waals surface area contributed by atoms with Crippen molar-refractivity contribution >= 4 is 29.7 Å². The van der Waals surface area contributed by atoms with Crippen LogP contribution in [0.1, 0.15) is 48.0 Å². The topological polar surface area (TPSA) is 165 Å². The summed E-state index contributed by atoms with van der Waals surface area (Å²) in [5.74, 6) is 0.747. The van der Waals surface area contributed by atoms with Crippen LogP contribution in [0.25, 0.3) is 0 Å². The van der Waals surface area contributed by atoms with E-state index < -0.39 is 12.0 Å². The molecule has 2 rings (SSSR count). The first kappa shape index (κ1) is 46.0. The van der Waals surface area contributed by atoms with Gasteiger partial charge in [-0.1, -0.05) is 14.9 Å². The molecule has 2 saturated heterocycles. The van der Waals surface area contributed by atoms with Crippen molar-refractivity contribution in [2.75, 3.05) is 40.4 Å². The molecule has 0 saturated carbocycles. The molecule has 196 valence electrons. The molecular weight excluding hydrogens is 479 g/mol. The van der Waals surface area contributed by atoms with Crippen LogP contribution in [0.4, 0.5) is 0 Å². The van der Waals surface area contributed by atoms with Crippen LogP contribution < -0.4 is 58.1 Å². The SMILES string of the molecule is C.C.C=C=NCCCN(C)C.CC(=O)N[C@H]1CCOC1=O.CC(=O)[O-].[Cl-].[NH3+][C@H]1CCOC1=O.[Na+]. The molecule has 34 heavy (non-hydrogen) atoms. The van der Waals surface area contributed by atoms with Gasteiger partial charge in [-0.2, -0.15) is 0 Å². The molecule has 1 amide bonds. The van der Waals surface area contributed by atoms with E-state index in [-0.39, 0.29) is 80.7 Å². The van der Waals surface area contributed by atoms with Crippen molar-refractivity contribution < 1.29 is 81.5 Å². The first-order chi connectivity index (χ1) is 14.0. The van der Waals surface area contributed by atoms with E-state index in [9.17, 15) is 14.4 Å². The summed E-state index contributed by atoms with van der Waals surface area (Å²) in [4.78, 5) is 46.3. The van der Waals surface area contributed by atoms with Crippen molar-refractivity contribution in [3.63, 3.8) is 0 Å². The zero-order valence-electron chi connectivity index (χ0n) is 19.6. The van der Waals surface area contributed by atoms with Gasteiger partial charge in [0.1, 0.15) is 6.04 Å². The van der Waals surface area contributed by atoms with E-state index in [4.69, 9.17) is 9.90 Å². The maximum Gasteiger partial charge on any atom is 1.00 e. The van der Waals surface area contributed by atoms with Crippen molar-refractivity contribution in [3.8, 4) is 0 Å². The number of rotatable bonds is 5. The van der Waals surface area contributed by atoms with Gasteiger partial charge in [0.15, 0.2) is 6.04 Å². The van der Waals surface area contributed by atoms with Gasteiger partial charge in [-0.05, 0) is 46.4 Å². The van der Waals surface area contributed by atoms with E-state index >= 15 is 0 Å². The van der Waals surface area contributed by atoms with E-state index in [0.717, 1.165) is 32.9 Å². The summed E-state index contributed by atoms with van der Waals surface area (Å²) in [6, 6.07) is -0.502. The van der Waals surface area contributed by atoms with Gasteiger partial charge in [-0.3, -0.25) is 4.79 Å². The van der Waals surface area contributed by atoms with Gasteiger partial charge in [0, 0.05) is 32.3 Å². The fraction of sp³-hybridized carbons (Fsp3) is 0.714. The molecule has 4 N–H and O–H groups in total. The van der Waals surface area contributed by atoms with Gasteiger partial charge in [-0.25, -0.2) is 14.6 Å². The molecule has 0 aliphatic carbocycles. The smallest absolute Gasteiger partial charge is 1.00 e. The third-order valence-electron chi connectivity index (χ3n) is 3.34. The minimum atomic E-state index is -1.08. The Labute approximate surface area is 232 Å². The Bertz CT molecular complexity index is 600. The number of nitrogens with one attached hydrogen (secondary N) is 1. The zero-order valence-corrected chi connectivity index (χ0v) is 22.4. The standard InChI is InChI=1S/C7H14N2.C6H9NO3.C4H7NO2.C2H4O2.2CH4.ClH.Na/c1-4-8-6-5-7-9(2)3;1-4(8)7-5-2-3-10-6(5)9;5-3-1-2-7-4(3)6;1-2(3)4;;;;/h1,5-7H2,2-3H3;5H,2-3H2,1H3,(H,7,8);3H,1-2,5H2;1H3,(H,3,4);2*1H4;1H;/q;;;;;;;+1/p-1/t;5-;3-;;;;;/m.00...../s1. The molecule has 0 bridgehead atoms. The zero-order chi connectivity index (χ0) is 23.5. The van der Waals surface area contributed by atoms with E-state index in [1.165, 1.54) is 6.92 Å². The van der Waals surface area contributed by atoms with Gasteiger partial charge in [0.25, 0.3) is 0 Å². The number of quaternary nitrogens is 1. The van der Waals surface area contributed by atoms with Gasteiger partial charge in [0.2, 0.25) is 5.91 Å². The first-order valence-corrected chi connectivity index (χ1v) is 9.45. The predicted molar refractivity (Wildman–Crippen MR) is 121 cm³/mol. The third kappa shape index (κ3) is 32.7. The average molecular weight is 521 g/mol. The number of carboxylic acid groups (broad SMARTS) is 1. The van der Waals surface area contributed by atoms with Gasteiger partial charge in [-0.15, -0.1) is 0 Å². The Kier molecular flexibility index (Phi) is 40.0. The van der Waals surface area contributed by atoms with Gasteiger partial charge >= 0.3 is 41.5 Å². The Balaban J connectivity index is -0.0000000767. The monoisotopic (exact) mass is 520 g/mol. The van der Waals surface area contributed by atoms with E-state index in [1.807, 2.05) is 0 Å². The normalized spacial score (nSPS) is 16.5. The van der Waals surface area contributed by atoms with Crippen molar-refractivity contribution in [3.05, 3.63) is 6.58 Å². The van der Waals surface area contributed by atoms with Crippen molar-refractivity contribution in [1.29, 1.82) is 0 Å². The Morgan fingerprint density at radius 3 is 1.91 bits per heavy atom. The predicted octanol–water partition coefficient (Wildman–Crippen LogP) is -7.19. The second kappa shape index (κ2) is 29.6. The van der Waals surface area contributed by atoms with Crippen LogP contribution in [0.3, 0.4) is 0 Å². The van der Waals surface area contributed by atoms with Crippen LogP contribution >= 0.6 is 0 Å². The summed E-state index contributed by atoms with van der Waals surface area (Å²) in [5, 5.41) is 11.4. The van der Waals surface area contributed by atoms with Gasteiger partial charge < -0.3 is 47.7 Å². The summed E-state index contributed by atoms with van der Waals surface area (Å²) in [5.41, 5.74) is 3.54. The molecule has 2 heterocycles. The number of aliphatic carboxylic acids is 1. The summed E-state index contributed by atoms with van der Waals surface area (Å²) in [6.45, 7) is 8.65. The number of cyclic esters (lactones) is 2. The van der Waals surface area contributed by atoms with Crippen molar-refractivity contribution in [2.45, 2.75) is 60.0 Å². The quantitative estimate of drug-likeness (QED) is 0.156. The number of aliphatic imine (C=N–C) groups is 1. The minimum absolute atomic E-state index is 0. The molecule has 0 radical (unpaired) electrons. The molecule has 0 unspecified atom stereocenters. The van der Waals surface area contributed by atoms with E-state index in [1.54, 1.807) is 0 Å². The second-order valence-electron chi connectivity index (χ2n) is 6.55. The van der Waals surface area contributed by atoms with E-state index in [0.29, 0.717) is 19.6 Å². The molecule has 2 atom stereocenters. The van der Waals surface area contributed by atoms with Crippen LogP contribution in [-0.2, 0) is 28.7 Å². The second-order valence-corrected chi connectivity index (χ2v) is 6.55. The maximum atomic E-state index is 10.7. The minimum Gasteiger partial charge on any atom is -1.00 e. The molecule has 11 nitrogen and oxygen atoms in total. The van der Waals surface area contributed by atoms with Crippen LogP contribution in [0.15, 0.2) is 11.6 Å². The Morgan fingerprint density at radius 1 is 1.18 bits per heavy atom. The number of amides is 1. The van der Waals surface area contributed by atoms with Gasteiger partial charge in [0.05, 0.1) is 13.2 Å². The molecule has 0 spiro atoms. The molecule has 0 aromatic heterocycles. The first-order valence-electron chi connectivity index (χ1n) is 9.45. The number of carboxylic acids is 1. The molecular formula is C21H42ClN4NaO7. The Hall–Kier alpha value is -1.46. The van der Waals surface area contributed by atoms with Crippen LogP contribution in [0.2, 0.25) is 0 Å². The molecule has 2 aliphatic heterocycles. The maximum absolute atomic E-state index is 10.7. The third-order valence-corrected chi connectivity index (χ3v) is 3.34. The van der Waals surface area contributed by atoms with Crippen molar-refractivity contribution in [1.82, 2.24) is 10.2 Å². The number of ether oxygens (including phenoxy) is 2. The number of hydrogen-bond donors (Lipinski definition) is 2. The fourth-order valence-corrected chi connectivity index (χ4v) is 1.95. The molecule has 13 heteroatoms. The number of esters is 2. The Morgan fingerprint density at radius 2 is 1.65 bits per heavy atom. The molecule has 2 fully saturated rings. The van der Waals surface area contributed by atoms with Crippen LogP contribution in [0, 0.1) is 0 Å². The summed E-state index contributed by atoms with van der Waals surface area (Å²) in [7, 11) is 4.11. The fourth-order valence-electron chi connectivity index (χ4n) is 1.95. The average Bonchev–Trinajstić information content (AvgIpc) is 3.20. The summed E-state index contributed by atoms with van der Waals surface area (Å²) in [6.07, 6.45) is 2.48. The number of nitrogens with zero attached hydrogens (tertiary/aromatic N) is 2.